The zero-order valence-electron chi connectivity index (χ0n) is 13.9. The number of rotatable bonds is 7. The summed E-state index contributed by atoms with van der Waals surface area (Å²) in [5.74, 6) is -0.373. The van der Waals surface area contributed by atoms with E-state index >= 15 is 0 Å². The summed E-state index contributed by atoms with van der Waals surface area (Å²) in [7, 11) is 0. The zero-order valence-corrected chi connectivity index (χ0v) is 13.9. The van der Waals surface area contributed by atoms with E-state index in [-0.39, 0.29) is 29.8 Å². The molecule has 0 saturated heterocycles. The Hall–Kier alpha value is -2.21. The normalized spacial score (nSPS) is 18.0. The Balaban J connectivity index is 1.75. The maximum absolute atomic E-state index is 13.2. The van der Waals surface area contributed by atoms with Crippen LogP contribution in [-0.2, 0) is 4.79 Å². The van der Waals surface area contributed by atoms with Gasteiger partial charge in [0.1, 0.15) is 11.9 Å². The molecular formula is C18H23FN4O. The van der Waals surface area contributed by atoms with Crippen LogP contribution in [0.1, 0.15) is 44.3 Å². The van der Waals surface area contributed by atoms with E-state index in [0.717, 1.165) is 18.4 Å². The number of carbonyl (C=O) groups is 1. The average Bonchev–Trinajstić information content (AvgIpc) is 3.22. The third-order valence-corrected chi connectivity index (χ3v) is 4.48. The van der Waals surface area contributed by atoms with Gasteiger partial charge < -0.3 is 5.32 Å². The minimum atomic E-state index is -0.515. The largest absolute Gasteiger partial charge is 0.352 e. The molecule has 5 nitrogen and oxygen atoms in total. The molecule has 3 atom stereocenters. The molecule has 1 aliphatic rings. The first-order valence-corrected chi connectivity index (χ1v) is 8.35. The van der Waals surface area contributed by atoms with E-state index in [0.29, 0.717) is 0 Å². The van der Waals surface area contributed by atoms with Crippen molar-refractivity contribution in [3.63, 3.8) is 0 Å². The van der Waals surface area contributed by atoms with Crippen LogP contribution >= 0.6 is 0 Å². The minimum Gasteiger partial charge on any atom is -0.352 e. The molecule has 0 aliphatic heterocycles. The topological polar surface area (TPSA) is 59.0 Å². The number of halogens is 1. The lowest BCUT2D eigenvalue weighted by Gasteiger charge is -2.27. The number of aromatic nitrogens is 2. The van der Waals surface area contributed by atoms with Gasteiger partial charge in [0.05, 0.1) is 6.04 Å². The second kappa shape index (κ2) is 7.13. The predicted molar refractivity (Wildman–Crippen MR) is 89.8 cm³/mol. The van der Waals surface area contributed by atoms with Crippen LogP contribution in [0.4, 0.5) is 4.39 Å². The van der Waals surface area contributed by atoms with Crippen molar-refractivity contribution < 1.29 is 9.18 Å². The van der Waals surface area contributed by atoms with E-state index in [2.05, 4.69) is 15.7 Å². The van der Waals surface area contributed by atoms with E-state index in [4.69, 9.17) is 0 Å². The van der Waals surface area contributed by atoms with E-state index in [1.807, 2.05) is 30.8 Å². The molecule has 24 heavy (non-hydrogen) atoms. The summed E-state index contributed by atoms with van der Waals surface area (Å²) in [6.45, 7) is 4.07. The molecule has 0 radical (unpaired) electrons. The Morgan fingerprint density at radius 3 is 2.58 bits per heavy atom. The van der Waals surface area contributed by atoms with Crippen molar-refractivity contribution in [2.75, 3.05) is 0 Å². The third kappa shape index (κ3) is 4.00. The van der Waals surface area contributed by atoms with Crippen molar-refractivity contribution in [3.8, 4) is 0 Å². The lowest BCUT2D eigenvalue weighted by Crippen LogP contribution is -2.44. The van der Waals surface area contributed by atoms with Gasteiger partial charge in [0.25, 0.3) is 0 Å². The SMILES string of the molecule is C[C@H](N[C@H](C(=O)NC1CC1)c1ccc(F)cc1)[C@H](C)n1cccn1. The molecule has 1 aromatic carbocycles. The maximum Gasteiger partial charge on any atom is 0.241 e. The Bertz CT molecular complexity index is 667. The van der Waals surface area contributed by atoms with Crippen LogP contribution in [-0.4, -0.2) is 27.8 Å². The standard InChI is InChI=1S/C18H23FN4O/c1-12(13(2)23-11-3-10-20-23)21-17(18(24)22-16-8-9-16)14-4-6-15(19)7-5-14/h3-7,10-13,16-17,21H,8-9H2,1-2H3,(H,22,24)/t12-,13-,17-/m0/s1. The molecule has 128 valence electrons. The van der Waals surface area contributed by atoms with Crippen LogP contribution in [0.25, 0.3) is 0 Å². The van der Waals surface area contributed by atoms with Gasteiger partial charge in [-0.1, -0.05) is 12.1 Å². The van der Waals surface area contributed by atoms with Gasteiger partial charge in [0, 0.05) is 24.5 Å². The van der Waals surface area contributed by atoms with Crippen LogP contribution in [0.2, 0.25) is 0 Å². The van der Waals surface area contributed by atoms with Gasteiger partial charge in [0.2, 0.25) is 5.91 Å². The van der Waals surface area contributed by atoms with Gasteiger partial charge in [0.15, 0.2) is 0 Å². The van der Waals surface area contributed by atoms with E-state index in [1.54, 1.807) is 18.3 Å². The summed E-state index contributed by atoms with van der Waals surface area (Å²) < 4.78 is 15.1. The van der Waals surface area contributed by atoms with Gasteiger partial charge in [-0.05, 0) is 50.5 Å². The molecule has 0 unspecified atom stereocenters. The van der Waals surface area contributed by atoms with Crippen LogP contribution in [0.15, 0.2) is 42.7 Å². The molecule has 2 N–H and O–H groups in total. The molecule has 1 amide bonds. The summed E-state index contributed by atoms with van der Waals surface area (Å²) >= 11 is 0. The first-order valence-electron chi connectivity index (χ1n) is 8.35. The number of hydrogen-bond donors (Lipinski definition) is 2. The molecule has 1 saturated carbocycles. The van der Waals surface area contributed by atoms with Crippen molar-refractivity contribution in [2.24, 2.45) is 0 Å². The van der Waals surface area contributed by atoms with Gasteiger partial charge >= 0.3 is 0 Å². The molecule has 0 spiro atoms. The Kier molecular flexibility index (Phi) is 4.94. The molecule has 1 aromatic heterocycles. The quantitative estimate of drug-likeness (QED) is 0.820. The molecule has 1 fully saturated rings. The number of amides is 1. The third-order valence-electron chi connectivity index (χ3n) is 4.48. The first kappa shape index (κ1) is 16.6. The van der Waals surface area contributed by atoms with Crippen molar-refractivity contribution in [3.05, 3.63) is 54.1 Å². The lowest BCUT2D eigenvalue weighted by atomic mass is 10.0. The number of nitrogens with zero attached hydrogens (tertiary/aromatic N) is 2. The van der Waals surface area contributed by atoms with Crippen LogP contribution < -0.4 is 10.6 Å². The highest BCUT2D eigenvalue weighted by Gasteiger charge is 2.30. The van der Waals surface area contributed by atoms with Crippen molar-refractivity contribution in [1.82, 2.24) is 20.4 Å². The molecule has 3 rings (SSSR count). The van der Waals surface area contributed by atoms with Gasteiger partial charge in [-0.25, -0.2) is 4.39 Å². The summed E-state index contributed by atoms with van der Waals surface area (Å²) in [5.41, 5.74) is 0.758. The zero-order chi connectivity index (χ0) is 17.1. The summed E-state index contributed by atoms with van der Waals surface area (Å²) in [5, 5.41) is 10.7. The fraction of sp³-hybridized carbons (Fsp3) is 0.444. The highest BCUT2D eigenvalue weighted by atomic mass is 19.1. The number of benzene rings is 1. The minimum absolute atomic E-state index is 0.00454. The molecule has 2 aromatic rings. The lowest BCUT2D eigenvalue weighted by molar-refractivity contribution is -0.123. The predicted octanol–water partition coefficient (Wildman–Crippen LogP) is 2.58. The van der Waals surface area contributed by atoms with Crippen molar-refractivity contribution >= 4 is 5.91 Å². The van der Waals surface area contributed by atoms with E-state index < -0.39 is 6.04 Å². The highest BCUT2D eigenvalue weighted by Crippen LogP contribution is 2.23. The summed E-state index contributed by atoms with van der Waals surface area (Å²) in [4.78, 5) is 12.6. The Labute approximate surface area is 141 Å². The van der Waals surface area contributed by atoms with E-state index in [1.165, 1.54) is 12.1 Å². The second-order valence-electron chi connectivity index (χ2n) is 6.45. The molecule has 1 aliphatic carbocycles. The summed E-state index contributed by atoms with van der Waals surface area (Å²) in [6.07, 6.45) is 5.70. The fourth-order valence-electron chi connectivity index (χ4n) is 2.64. The van der Waals surface area contributed by atoms with Crippen LogP contribution in [0.5, 0.6) is 0 Å². The summed E-state index contributed by atoms with van der Waals surface area (Å²) in [6, 6.07) is 7.81. The Morgan fingerprint density at radius 2 is 2.00 bits per heavy atom. The number of hydrogen-bond acceptors (Lipinski definition) is 3. The molecule has 1 heterocycles. The number of carbonyl (C=O) groups excluding carboxylic acids is 1. The van der Waals surface area contributed by atoms with Gasteiger partial charge in [-0.3, -0.25) is 14.8 Å². The fourth-order valence-corrected chi connectivity index (χ4v) is 2.64. The van der Waals surface area contributed by atoms with Gasteiger partial charge in [-0.15, -0.1) is 0 Å². The highest BCUT2D eigenvalue weighted by molar-refractivity contribution is 5.83. The Morgan fingerprint density at radius 1 is 1.29 bits per heavy atom. The first-order chi connectivity index (χ1) is 11.5. The maximum atomic E-state index is 13.2. The van der Waals surface area contributed by atoms with Crippen LogP contribution in [0, 0.1) is 5.82 Å². The van der Waals surface area contributed by atoms with Crippen molar-refractivity contribution in [1.29, 1.82) is 0 Å². The monoisotopic (exact) mass is 330 g/mol. The van der Waals surface area contributed by atoms with Crippen LogP contribution in [0.3, 0.4) is 0 Å². The molecule has 6 heteroatoms. The van der Waals surface area contributed by atoms with E-state index in [9.17, 15) is 9.18 Å². The number of nitrogens with one attached hydrogen (secondary N) is 2. The van der Waals surface area contributed by atoms with Crippen molar-refractivity contribution in [2.45, 2.75) is 50.9 Å². The molecule has 0 bridgehead atoms. The average molecular weight is 330 g/mol. The smallest absolute Gasteiger partial charge is 0.241 e. The molecular weight excluding hydrogens is 307 g/mol. The van der Waals surface area contributed by atoms with Gasteiger partial charge in [-0.2, -0.15) is 5.10 Å². The second-order valence-corrected chi connectivity index (χ2v) is 6.45.